The van der Waals surface area contributed by atoms with Gasteiger partial charge in [-0.1, -0.05) is 68.5 Å². The van der Waals surface area contributed by atoms with Crippen LogP contribution >= 0.6 is 0 Å². The molecule has 0 bridgehead atoms. The first-order valence-electron chi connectivity index (χ1n) is 11.1. The van der Waals surface area contributed by atoms with E-state index < -0.39 is 28.9 Å². The highest BCUT2D eigenvalue weighted by Crippen LogP contribution is 2.35. The maximum Gasteiger partial charge on any atom is 0.253 e. The number of benzene rings is 2. The van der Waals surface area contributed by atoms with Crippen LogP contribution in [0.5, 0.6) is 5.75 Å². The lowest BCUT2D eigenvalue weighted by atomic mass is 9.73. The molecule has 1 amide bonds. The number of rotatable bonds is 7. The fraction of sp³-hybridized carbons (Fsp3) is 0.333. The third kappa shape index (κ3) is 4.86. The molecule has 0 radical (unpaired) electrons. The van der Waals surface area contributed by atoms with Gasteiger partial charge in [0.2, 0.25) is 0 Å². The van der Waals surface area contributed by atoms with Gasteiger partial charge in [-0.2, -0.15) is 0 Å². The average molecular weight is 448 g/mol. The average Bonchev–Trinajstić information content (AvgIpc) is 3.25. The van der Waals surface area contributed by atoms with Crippen molar-refractivity contribution >= 4 is 11.7 Å². The minimum atomic E-state index is -1.82. The molecule has 33 heavy (non-hydrogen) atoms. The van der Waals surface area contributed by atoms with Crippen molar-refractivity contribution in [2.45, 2.75) is 43.7 Å². The summed E-state index contributed by atoms with van der Waals surface area (Å²) >= 11 is 0. The van der Waals surface area contributed by atoms with Gasteiger partial charge >= 0.3 is 0 Å². The second-order valence-corrected chi connectivity index (χ2v) is 9.52. The first-order chi connectivity index (χ1) is 15.7. The Morgan fingerprint density at radius 2 is 1.91 bits per heavy atom. The Kier molecular flexibility index (Phi) is 6.13. The Hall–Kier alpha value is -3.38. The molecule has 0 saturated carbocycles. The zero-order chi connectivity index (χ0) is 23.6. The minimum Gasteiger partial charge on any atom is -0.508 e. The lowest BCUT2D eigenvalue weighted by molar-refractivity contribution is -0.144. The molecular weight excluding hydrogens is 418 g/mol. The molecule has 0 aromatic heterocycles. The number of ketones is 1. The topological polar surface area (TPSA) is 95.9 Å². The normalized spacial score (nSPS) is 21.5. The van der Waals surface area contributed by atoms with Crippen molar-refractivity contribution in [2.75, 3.05) is 6.61 Å². The van der Waals surface area contributed by atoms with E-state index >= 15 is 0 Å². The van der Waals surface area contributed by atoms with Gasteiger partial charge < -0.3 is 20.3 Å². The van der Waals surface area contributed by atoms with Gasteiger partial charge in [0.15, 0.2) is 5.78 Å². The first kappa shape index (κ1) is 22.8. The second-order valence-electron chi connectivity index (χ2n) is 9.52. The number of allylic oxidation sites excluding steroid dienone is 1. The van der Waals surface area contributed by atoms with Gasteiger partial charge in [-0.25, -0.2) is 0 Å². The van der Waals surface area contributed by atoms with Crippen LogP contribution in [0.3, 0.4) is 0 Å². The molecule has 2 aromatic rings. The van der Waals surface area contributed by atoms with Gasteiger partial charge in [-0.15, -0.1) is 0 Å². The van der Waals surface area contributed by atoms with Crippen molar-refractivity contribution in [1.29, 1.82) is 0 Å². The molecule has 1 aliphatic heterocycles. The number of nitrogens with one attached hydrogen (secondary N) is 1. The molecule has 0 spiro atoms. The number of Topliss-reactive ketones (excluding diaryl/α,β-unsaturated/α-hetero) is 1. The van der Waals surface area contributed by atoms with Crippen LogP contribution in [0.4, 0.5) is 0 Å². The molecule has 3 atom stereocenters. The lowest BCUT2D eigenvalue weighted by Gasteiger charge is -2.37. The van der Waals surface area contributed by atoms with E-state index in [4.69, 9.17) is 4.74 Å². The van der Waals surface area contributed by atoms with Crippen LogP contribution in [0.25, 0.3) is 0 Å². The summed E-state index contributed by atoms with van der Waals surface area (Å²) in [4.78, 5) is 26.4. The first-order valence-corrected chi connectivity index (χ1v) is 11.1. The molecule has 1 aliphatic carbocycles. The van der Waals surface area contributed by atoms with E-state index in [9.17, 15) is 19.8 Å². The predicted octanol–water partition coefficient (Wildman–Crippen LogP) is 3.19. The van der Waals surface area contributed by atoms with Crippen molar-refractivity contribution in [3.05, 3.63) is 89.7 Å². The largest absolute Gasteiger partial charge is 0.508 e. The zero-order valence-corrected chi connectivity index (χ0v) is 18.8. The Morgan fingerprint density at radius 3 is 2.64 bits per heavy atom. The number of carbonyl (C=O) groups excluding carboxylic acids is 2. The Balaban J connectivity index is 1.61. The highest BCUT2D eigenvalue weighted by molar-refractivity contribution is 5.97. The number of hydrogen-bond donors (Lipinski definition) is 3. The third-order valence-electron chi connectivity index (χ3n) is 6.42. The number of amides is 1. The molecule has 4 rings (SSSR count). The van der Waals surface area contributed by atoms with E-state index in [1.54, 1.807) is 30.5 Å². The van der Waals surface area contributed by atoms with E-state index in [0.29, 0.717) is 5.56 Å². The SMILES string of the molecule is CC(C)(CC(O)(Cc1cccc(O)c1)C(=O)NC1C=CC2=COCC2C1=O)c1ccccc1. The monoisotopic (exact) mass is 447 g/mol. The molecule has 172 valence electrons. The van der Waals surface area contributed by atoms with Gasteiger partial charge in [0.25, 0.3) is 5.91 Å². The second kappa shape index (κ2) is 8.87. The van der Waals surface area contributed by atoms with Crippen LogP contribution < -0.4 is 5.32 Å². The van der Waals surface area contributed by atoms with Crippen LogP contribution in [0.1, 0.15) is 31.4 Å². The standard InChI is InChI=1S/C27H29NO5/c1-26(2,20-8-4-3-5-9-20)17-27(32,14-18-7-6-10-21(29)13-18)25(31)28-23-12-11-19-15-33-16-22(19)24(23)30/h3-13,15,22-23,29,32H,14,16-17H2,1-2H3,(H,28,31). The highest BCUT2D eigenvalue weighted by Gasteiger charge is 2.44. The molecule has 6 heteroatoms. The minimum absolute atomic E-state index is 0.00812. The summed E-state index contributed by atoms with van der Waals surface area (Å²) in [6, 6.07) is 15.4. The smallest absolute Gasteiger partial charge is 0.253 e. The highest BCUT2D eigenvalue weighted by atomic mass is 16.5. The summed E-state index contributed by atoms with van der Waals surface area (Å²) in [5.74, 6) is -1.12. The van der Waals surface area contributed by atoms with Gasteiger partial charge in [-0.3, -0.25) is 9.59 Å². The van der Waals surface area contributed by atoms with Crippen LogP contribution in [-0.2, 0) is 26.2 Å². The van der Waals surface area contributed by atoms with Crippen molar-refractivity contribution in [1.82, 2.24) is 5.32 Å². The summed E-state index contributed by atoms with van der Waals surface area (Å²) in [7, 11) is 0. The number of hydrogen-bond acceptors (Lipinski definition) is 5. The zero-order valence-electron chi connectivity index (χ0n) is 18.8. The fourth-order valence-electron chi connectivity index (χ4n) is 4.68. The van der Waals surface area contributed by atoms with Crippen LogP contribution in [0, 0.1) is 5.92 Å². The molecule has 2 aliphatic rings. The molecular formula is C27H29NO5. The summed E-state index contributed by atoms with van der Waals surface area (Å²) < 4.78 is 5.27. The van der Waals surface area contributed by atoms with Crippen molar-refractivity contribution < 1.29 is 24.5 Å². The van der Waals surface area contributed by atoms with Gasteiger partial charge in [-0.05, 0) is 35.1 Å². The van der Waals surface area contributed by atoms with Crippen molar-refractivity contribution in [2.24, 2.45) is 5.92 Å². The van der Waals surface area contributed by atoms with E-state index in [1.165, 1.54) is 12.1 Å². The summed E-state index contributed by atoms with van der Waals surface area (Å²) in [6.45, 7) is 4.21. The maximum absolute atomic E-state index is 13.5. The lowest BCUT2D eigenvalue weighted by Crippen LogP contribution is -2.56. The molecule has 1 heterocycles. The van der Waals surface area contributed by atoms with Crippen LogP contribution in [0.15, 0.2) is 78.6 Å². The molecule has 2 aromatic carbocycles. The Bertz CT molecular complexity index is 1100. The summed E-state index contributed by atoms with van der Waals surface area (Å²) in [5, 5.41) is 24.4. The van der Waals surface area contributed by atoms with Crippen molar-refractivity contribution in [3.63, 3.8) is 0 Å². The number of fused-ring (bicyclic) bond motifs is 1. The fourth-order valence-corrected chi connectivity index (χ4v) is 4.68. The predicted molar refractivity (Wildman–Crippen MR) is 124 cm³/mol. The number of aromatic hydroxyl groups is 1. The summed E-state index contributed by atoms with van der Waals surface area (Å²) in [6.07, 6.45) is 5.10. The van der Waals surface area contributed by atoms with Gasteiger partial charge in [0, 0.05) is 12.0 Å². The van der Waals surface area contributed by atoms with E-state index in [2.05, 4.69) is 5.32 Å². The Morgan fingerprint density at radius 1 is 1.15 bits per heavy atom. The number of carbonyl (C=O) groups is 2. The van der Waals surface area contributed by atoms with Gasteiger partial charge in [0.1, 0.15) is 24.0 Å². The van der Waals surface area contributed by atoms with Crippen LogP contribution in [-0.4, -0.2) is 40.2 Å². The molecule has 3 N–H and O–H groups in total. The Labute approximate surface area is 193 Å². The number of aliphatic hydroxyl groups is 1. The number of ether oxygens (including phenoxy) is 1. The van der Waals surface area contributed by atoms with E-state index in [1.807, 2.05) is 44.2 Å². The number of phenolic OH excluding ortho intramolecular Hbond substituents is 1. The van der Waals surface area contributed by atoms with Crippen molar-refractivity contribution in [3.8, 4) is 5.75 Å². The van der Waals surface area contributed by atoms with Crippen LogP contribution in [0.2, 0.25) is 0 Å². The van der Waals surface area contributed by atoms with E-state index in [-0.39, 0.29) is 31.0 Å². The number of phenols is 1. The summed E-state index contributed by atoms with van der Waals surface area (Å²) in [5.41, 5.74) is 0.0517. The third-order valence-corrected chi connectivity index (χ3v) is 6.42. The molecule has 0 saturated heterocycles. The molecule has 6 nitrogen and oxygen atoms in total. The quantitative estimate of drug-likeness (QED) is 0.606. The molecule has 3 unspecified atom stereocenters. The van der Waals surface area contributed by atoms with Gasteiger partial charge in [0.05, 0.1) is 12.2 Å². The van der Waals surface area contributed by atoms with E-state index in [0.717, 1.165) is 11.1 Å². The molecule has 0 fully saturated rings. The maximum atomic E-state index is 13.5.